The third-order valence-corrected chi connectivity index (χ3v) is 4.56. The van der Waals surface area contributed by atoms with Crippen LogP contribution in [0.25, 0.3) is 0 Å². The second-order valence-electron chi connectivity index (χ2n) is 4.60. The molecule has 6 nitrogen and oxygen atoms in total. The predicted molar refractivity (Wildman–Crippen MR) is 70.5 cm³/mol. The number of rotatable bonds is 2. The van der Waals surface area contributed by atoms with E-state index in [1.807, 2.05) is 13.8 Å². The molecule has 0 bridgehead atoms. The summed E-state index contributed by atoms with van der Waals surface area (Å²) in [6, 6.07) is 0.0460. The Morgan fingerprint density at radius 1 is 1.44 bits per heavy atom. The highest BCUT2D eigenvalue weighted by atomic mass is 32.1. The largest absolute Gasteiger partial charge is 0.339 e. The van der Waals surface area contributed by atoms with Gasteiger partial charge in [-0.05, 0) is 13.8 Å². The van der Waals surface area contributed by atoms with Crippen LogP contribution in [0.1, 0.15) is 29.4 Å². The van der Waals surface area contributed by atoms with Crippen LogP contribution in [0.5, 0.6) is 0 Å². The number of nitrogens with zero attached hydrogens (tertiary/aromatic N) is 5. The zero-order valence-corrected chi connectivity index (χ0v) is 11.3. The van der Waals surface area contributed by atoms with E-state index in [0.29, 0.717) is 0 Å². The van der Waals surface area contributed by atoms with Crippen molar-refractivity contribution in [2.45, 2.75) is 33.0 Å². The van der Waals surface area contributed by atoms with Crippen LogP contribution in [0, 0.1) is 6.92 Å². The summed E-state index contributed by atoms with van der Waals surface area (Å²) in [7, 11) is 0. The molecule has 0 spiro atoms. The molecule has 96 valence electrons. The predicted octanol–water partition coefficient (Wildman–Crippen LogP) is 1.08. The minimum absolute atomic E-state index is 0.0460. The Labute approximate surface area is 109 Å². The lowest BCUT2D eigenvalue weighted by atomic mass is 10.2. The van der Waals surface area contributed by atoms with Gasteiger partial charge in [0.15, 0.2) is 11.0 Å². The Hall–Kier alpha value is -1.47. The SMILES string of the molecule is Cc1nc(N2CCn3cnnc3C2)sc1C(C)N. The average Bonchev–Trinajstić information content (AvgIpc) is 2.93. The molecule has 0 fully saturated rings. The van der Waals surface area contributed by atoms with Gasteiger partial charge in [0.1, 0.15) is 6.33 Å². The van der Waals surface area contributed by atoms with E-state index < -0.39 is 0 Å². The molecule has 0 aromatic carbocycles. The van der Waals surface area contributed by atoms with Crippen molar-refractivity contribution in [1.82, 2.24) is 19.7 Å². The molecule has 7 heteroatoms. The molecule has 3 rings (SSSR count). The lowest BCUT2D eigenvalue weighted by Crippen LogP contribution is -2.33. The highest BCUT2D eigenvalue weighted by Crippen LogP contribution is 2.31. The number of anilines is 1. The summed E-state index contributed by atoms with van der Waals surface area (Å²) in [5, 5.41) is 9.09. The highest BCUT2D eigenvalue weighted by molar-refractivity contribution is 7.15. The van der Waals surface area contributed by atoms with Crippen LogP contribution >= 0.6 is 11.3 Å². The van der Waals surface area contributed by atoms with Crippen LogP contribution in [-0.4, -0.2) is 26.3 Å². The van der Waals surface area contributed by atoms with Crippen LogP contribution in [0.15, 0.2) is 6.33 Å². The van der Waals surface area contributed by atoms with Crippen molar-refractivity contribution in [2.24, 2.45) is 5.73 Å². The maximum absolute atomic E-state index is 5.94. The van der Waals surface area contributed by atoms with Gasteiger partial charge in [-0.15, -0.1) is 21.5 Å². The molecule has 0 radical (unpaired) electrons. The summed E-state index contributed by atoms with van der Waals surface area (Å²) in [6.07, 6.45) is 1.78. The van der Waals surface area contributed by atoms with Crippen LogP contribution in [0.2, 0.25) is 0 Å². The lowest BCUT2D eigenvalue weighted by molar-refractivity contribution is 0.559. The molecule has 2 N–H and O–H groups in total. The molecule has 1 unspecified atom stereocenters. The first-order chi connectivity index (χ1) is 8.65. The standard InChI is InChI=1S/C11H16N6S/c1-7(12)10-8(2)14-11(18-10)16-3-4-17-6-13-15-9(17)5-16/h6-7H,3-5,12H2,1-2H3. The summed E-state index contributed by atoms with van der Waals surface area (Å²) in [6.45, 7) is 6.64. The zero-order valence-electron chi connectivity index (χ0n) is 10.5. The number of hydrogen-bond acceptors (Lipinski definition) is 6. The Morgan fingerprint density at radius 2 is 2.28 bits per heavy atom. The minimum Gasteiger partial charge on any atom is -0.339 e. The average molecular weight is 264 g/mol. The third kappa shape index (κ3) is 1.89. The molecule has 0 amide bonds. The Morgan fingerprint density at radius 3 is 3.00 bits per heavy atom. The first-order valence-corrected chi connectivity index (χ1v) is 6.81. The maximum Gasteiger partial charge on any atom is 0.186 e. The third-order valence-electron chi connectivity index (χ3n) is 3.14. The second-order valence-corrected chi connectivity index (χ2v) is 5.61. The van der Waals surface area contributed by atoms with E-state index in [-0.39, 0.29) is 6.04 Å². The van der Waals surface area contributed by atoms with Crippen molar-refractivity contribution in [3.63, 3.8) is 0 Å². The Bertz CT molecular complexity index is 558. The van der Waals surface area contributed by atoms with E-state index >= 15 is 0 Å². The Balaban J connectivity index is 1.86. The molecule has 1 atom stereocenters. The van der Waals surface area contributed by atoms with Gasteiger partial charge in [0, 0.05) is 24.0 Å². The highest BCUT2D eigenvalue weighted by Gasteiger charge is 2.21. The molecule has 1 aliphatic rings. The van der Waals surface area contributed by atoms with Crippen molar-refractivity contribution >= 4 is 16.5 Å². The molecule has 3 heterocycles. The molecule has 0 saturated heterocycles. The van der Waals surface area contributed by atoms with E-state index in [1.165, 1.54) is 0 Å². The smallest absolute Gasteiger partial charge is 0.186 e. The Kier molecular flexibility index (Phi) is 2.79. The molecule has 2 aromatic rings. The number of nitrogens with two attached hydrogens (primary N) is 1. The van der Waals surface area contributed by atoms with E-state index in [4.69, 9.17) is 5.73 Å². The summed E-state index contributed by atoms with van der Waals surface area (Å²) < 4.78 is 2.09. The first-order valence-electron chi connectivity index (χ1n) is 5.99. The molecule has 2 aromatic heterocycles. The van der Waals surface area contributed by atoms with Gasteiger partial charge in [-0.2, -0.15) is 0 Å². The fourth-order valence-corrected chi connectivity index (χ4v) is 3.22. The van der Waals surface area contributed by atoms with Gasteiger partial charge in [0.2, 0.25) is 0 Å². The van der Waals surface area contributed by atoms with Gasteiger partial charge in [-0.25, -0.2) is 4.98 Å². The van der Waals surface area contributed by atoms with E-state index in [9.17, 15) is 0 Å². The number of aromatic nitrogens is 4. The van der Waals surface area contributed by atoms with Crippen molar-refractivity contribution < 1.29 is 0 Å². The van der Waals surface area contributed by atoms with Gasteiger partial charge >= 0.3 is 0 Å². The monoisotopic (exact) mass is 264 g/mol. The number of hydrogen-bond donors (Lipinski definition) is 1. The molecule has 18 heavy (non-hydrogen) atoms. The quantitative estimate of drug-likeness (QED) is 0.878. The fraction of sp³-hybridized carbons (Fsp3) is 0.545. The van der Waals surface area contributed by atoms with Crippen LogP contribution in [0.4, 0.5) is 5.13 Å². The van der Waals surface area contributed by atoms with Crippen molar-refractivity contribution in [3.8, 4) is 0 Å². The zero-order chi connectivity index (χ0) is 12.7. The fourth-order valence-electron chi connectivity index (χ4n) is 2.18. The number of fused-ring (bicyclic) bond motifs is 1. The molecule has 0 aliphatic carbocycles. The van der Waals surface area contributed by atoms with Gasteiger partial charge in [0.25, 0.3) is 0 Å². The van der Waals surface area contributed by atoms with Gasteiger partial charge in [0.05, 0.1) is 12.2 Å². The van der Waals surface area contributed by atoms with E-state index in [0.717, 1.165) is 41.2 Å². The molecular formula is C11H16N6S. The maximum atomic E-state index is 5.94. The van der Waals surface area contributed by atoms with Crippen LogP contribution in [0.3, 0.4) is 0 Å². The van der Waals surface area contributed by atoms with Gasteiger partial charge in [-0.3, -0.25) is 0 Å². The number of aryl methyl sites for hydroxylation is 1. The topological polar surface area (TPSA) is 72.9 Å². The first kappa shape index (κ1) is 11.6. The van der Waals surface area contributed by atoms with Crippen molar-refractivity contribution in [2.75, 3.05) is 11.4 Å². The molecular weight excluding hydrogens is 248 g/mol. The molecule has 0 saturated carbocycles. The normalized spacial score (nSPS) is 16.7. The molecule has 1 aliphatic heterocycles. The van der Waals surface area contributed by atoms with Crippen molar-refractivity contribution in [1.29, 1.82) is 0 Å². The van der Waals surface area contributed by atoms with Crippen LogP contribution in [-0.2, 0) is 13.1 Å². The van der Waals surface area contributed by atoms with E-state index in [1.54, 1.807) is 17.7 Å². The summed E-state index contributed by atoms with van der Waals surface area (Å²) in [5.74, 6) is 0.997. The summed E-state index contributed by atoms with van der Waals surface area (Å²) >= 11 is 1.68. The summed E-state index contributed by atoms with van der Waals surface area (Å²) in [5.41, 5.74) is 6.98. The summed E-state index contributed by atoms with van der Waals surface area (Å²) in [4.78, 5) is 8.03. The van der Waals surface area contributed by atoms with Crippen LogP contribution < -0.4 is 10.6 Å². The minimum atomic E-state index is 0.0460. The lowest BCUT2D eigenvalue weighted by Gasteiger charge is -2.26. The van der Waals surface area contributed by atoms with Gasteiger partial charge in [-0.1, -0.05) is 0 Å². The number of thiazole rings is 1. The van der Waals surface area contributed by atoms with Gasteiger partial charge < -0.3 is 15.2 Å². The van der Waals surface area contributed by atoms with E-state index in [2.05, 4.69) is 24.6 Å². The second kappa shape index (κ2) is 4.33. The van der Waals surface area contributed by atoms with Crippen molar-refractivity contribution in [3.05, 3.63) is 22.7 Å².